The van der Waals surface area contributed by atoms with E-state index in [0.717, 1.165) is 16.5 Å². The standard InChI is InChI=1S/C19H24N2O3/c1-11(2)8-17(19(23)24-5)21-18(22)15-10-14-9-12(3)6-7-16(14)20-13(15)4/h6-7,9-11,17H,8H2,1-5H3,(H,21,22)/t17-/m0/s1. The summed E-state index contributed by atoms with van der Waals surface area (Å²) in [5, 5.41) is 3.69. The normalized spacial score (nSPS) is 12.2. The molecule has 0 spiro atoms. The summed E-state index contributed by atoms with van der Waals surface area (Å²) in [5.41, 5.74) is 3.07. The first-order chi connectivity index (χ1) is 11.3. The third-order valence-electron chi connectivity index (χ3n) is 3.90. The first-order valence-corrected chi connectivity index (χ1v) is 8.08. The number of rotatable bonds is 5. The number of amides is 1. The van der Waals surface area contributed by atoms with E-state index in [1.165, 1.54) is 7.11 Å². The second-order valence-corrected chi connectivity index (χ2v) is 6.50. The highest BCUT2D eigenvalue weighted by Crippen LogP contribution is 2.18. The molecule has 0 aliphatic rings. The second kappa shape index (κ2) is 7.43. The van der Waals surface area contributed by atoms with Crippen molar-refractivity contribution in [2.75, 3.05) is 7.11 Å². The van der Waals surface area contributed by atoms with Crippen molar-refractivity contribution in [3.63, 3.8) is 0 Å². The van der Waals surface area contributed by atoms with Crippen molar-refractivity contribution < 1.29 is 14.3 Å². The van der Waals surface area contributed by atoms with Gasteiger partial charge in [-0.25, -0.2) is 4.79 Å². The Morgan fingerprint density at radius 1 is 1.21 bits per heavy atom. The molecule has 1 atom stereocenters. The predicted octanol–water partition coefficient (Wildman–Crippen LogP) is 3.17. The number of pyridine rings is 1. The Labute approximate surface area is 142 Å². The molecule has 0 saturated heterocycles. The molecule has 5 nitrogen and oxygen atoms in total. The molecule has 0 radical (unpaired) electrons. The monoisotopic (exact) mass is 328 g/mol. The van der Waals surface area contributed by atoms with Gasteiger partial charge in [0.15, 0.2) is 0 Å². The molecule has 0 aliphatic heterocycles. The second-order valence-electron chi connectivity index (χ2n) is 6.50. The van der Waals surface area contributed by atoms with Crippen LogP contribution in [0.2, 0.25) is 0 Å². The zero-order valence-corrected chi connectivity index (χ0v) is 14.8. The van der Waals surface area contributed by atoms with E-state index in [2.05, 4.69) is 10.3 Å². The van der Waals surface area contributed by atoms with Crippen LogP contribution in [0.25, 0.3) is 10.9 Å². The lowest BCUT2D eigenvalue weighted by atomic mass is 10.0. The van der Waals surface area contributed by atoms with E-state index in [1.807, 2.05) is 45.0 Å². The Bertz CT molecular complexity index is 769. The van der Waals surface area contributed by atoms with Gasteiger partial charge in [0, 0.05) is 5.39 Å². The van der Waals surface area contributed by atoms with Crippen LogP contribution in [0.4, 0.5) is 0 Å². The number of carbonyl (C=O) groups excluding carboxylic acids is 2. The van der Waals surface area contributed by atoms with E-state index < -0.39 is 12.0 Å². The topological polar surface area (TPSA) is 68.3 Å². The average Bonchev–Trinajstić information content (AvgIpc) is 2.52. The van der Waals surface area contributed by atoms with Crippen molar-refractivity contribution in [3.05, 3.63) is 41.1 Å². The lowest BCUT2D eigenvalue weighted by Gasteiger charge is -2.19. The molecule has 2 rings (SSSR count). The summed E-state index contributed by atoms with van der Waals surface area (Å²) < 4.78 is 4.80. The van der Waals surface area contributed by atoms with Crippen LogP contribution >= 0.6 is 0 Å². The molecule has 1 amide bonds. The number of aromatic nitrogens is 1. The van der Waals surface area contributed by atoms with Crippen LogP contribution in [0.3, 0.4) is 0 Å². The van der Waals surface area contributed by atoms with Gasteiger partial charge in [-0.15, -0.1) is 0 Å². The third-order valence-corrected chi connectivity index (χ3v) is 3.90. The molecule has 0 bridgehead atoms. The molecule has 2 aromatic rings. The maximum Gasteiger partial charge on any atom is 0.328 e. The summed E-state index contributed by atoms with van der Waals surface area (Å²) in [7, 11) is 1.33. The zero-order valence-electron chi connectivity index (χ0n) is 14.8. The highest BCUT2D eigenvalue weighted by molar-refractivity contribution is 6.00. The van der Waals surface area contributed by atoms with Crippen LogP contribution in [0.1, 0.15) is 41.9 Å². The molecule has 5 heteroatoms. The van der Waals surface area contributed by atoms with E-state index in [4.69, 9.17) is 4.74 Å². The lowest BCUT2D eigenvalue weighted by molar-refractivity contribution is -0.143. The van der Waals surface area contributed by atoms with Crippen LogP contribution in [0.5, 0.6) is 0 Å². The van der Waals surface area contributed by atoms with Gasteiger partial charge in [-0.05, 0) is 44.4 Å². The average molecular weight is 328 g/mol. The van der Waals surface area contributed by atoms with E-state index in [0.29, 0.717) is 17.7 Å². The summed E-state index contributed by atoms with van der Waals surface area (Å²) >= 11 is 0. The summed E-state index contributed by atoms with van der Waals surface area (Å²) in [5.74, 6) is -0.480. The molecule has 1 N–H and O–H groups in total. The Balaban J connectivity index is 2.32. The number of benzene rings is 1. The van der Waals surface area contributed by atoms with E-state index in [9.17, 15) is 9.59 Å². The lowest BCUT2D eigenvalue weighted by Crippen LogP contribution is -2.42. The number of fused-ring (bicyclic) bond motifs is 1. The largest absolute Gasteiger partial charge is 0.467 e. The van der Waals surface area contributed by atoms with Crippen LogP contribution in [-0.4, -0.2) is 30.0 Å². The summed E-state index contributed by atoms with van der Waals surface area (Å²) in [6.07, 6.45) is 0.525. The van der Waals surface area contributed by atoms with Crippen molar-refractivity contribution in [2.24, 2.45) is 5.92 Å². The Kier molecular flexibility index (Phi) is 5.54. The minimum Gasteiger partial charge on any atom is -0.467 e. The van der Waals surface area contributed by atoms with Gasteiger partial charge in [0.2, 0.25) is 0 Å². The molecule has 1 aromatic heterocycles. The molecule has 1 aromatic carbocycles. The van der Waals surface area contributed by atoms with Crippen molar-refractivity contribution in [1.29, 1.82) is 0 Å². The van der Waals surface area contributed by atoms with E-state index >= 15 is 0 Å². The third kappa shape index (κ3) is 4.10. The number of esters is 1. The highest BCUT2D eigenvalue weighted by Gasteiger charge is 2.24. The molecule has 0 unspecified atom stereocenters. The van der Waals surface area contributed by atoms with E-state index in [-0.39, 0.29) is 11.8 Å². The smallest absolute Gasteiger partial charge is 0.328 e. The number of ether oxygens (including phenoxy) is 1. The van der Waals surface area contributed by atoms with Crippen LogP contribution in [0.15, 0.2) is 24.3 Å². The molecule has 1 heterocycles. The molecular formula is C19H24N2O3. The van der Waals surface area contributed by atoms with Crippen LogP contribution in [-0.2, 0) is 9.53 Å². The van der Waals surface area contributed by atoms with Crippen molar-refractivity contribution in [2.45, 2.75) is 40.2 Å². The molecule has 0 fully saturated rings. The minimum atomic E-state index is -0.657. The fourth-order valence-corrected chi connectivity index (χ4v) is 2.69. The van der Waals surface area contributed by atoms with Crippen molar-refractivity contribution >= 4 is 22.8 Å². The van der Waals surface area contributed by atoms with Gasteiger partial charge in [-0.1, -0.05) is 25.5 Å². The first kappa shape index (κ1) is 17.9. The quantitative estimate of drug-likeness (QED) is 0.856. The molecule has 128 valence electrons. The maximum atomic E-state index is 12.6. The molecule has 0 saturated carbocycles. The number of methoxy groups -OCH3 is 1. The number of carbonyl (C=O) groups is 2. The van der Waals surface area contributed by atoms with Gasteiger partial charge in [0.25, 0.3) is 5.91 Å². The number of nitrogens with zero attached hydrogens (tertiary/aromatic N) is 1. The minimum absolute atomic E-state index is 0.257. The van der Waals surface area contributed by atoms with E-state index in [1.54, 1.807) is 6.92 Å². The Hall–Kier alpha value is -2.43. The Morgan fingerprint density at radius 3 is 2.54 bits per heavy atom. The fraction of sp³-hybridized carbons (Fsp3) is 0.421. The van der Waals surface area contributed by atoms with Gasteiger partial charge in [-0.3, -0.25) is 9.78 Å². The highest BCUT2D eigenvalue weighted by atomic mass is 16.5. The summed E-state index contributed by atoms with van der Waals surface area (Å²) in [6, 6.07) is 7.09. The zero-order chi connectivity index (χ0) is 17.9. The molecule has 0 aliphatic carbocycles. The maximum absolute atomic E-state index is 12.6. The van der Waals surface area contributed by atoms with Gasteiger partial charge in [0.05, 0.1) is 23.9 Å². The number of hydrogen-bond acceptors (Lipinski definition) is 4. The van der Waals surface area contributed by atoms with Crippen LogP contribution < -0.4 is 5.32 Å². The Morgan fingerprint density at radius 2 is 1.92 bits per heavy atom. The summed E-state index contributed by atoms with van der Waals surface area (Å²) in [6.45, 7) is 7.78. The van der Waals surface area contributed by atoms with Crippen molar-refractivity contribution in [1.82, 2.24) is 10.3 Å². The van der Waals surface area contributed by atoms with Gasteiger partial charge in [-0.2, -0.15) is 0 Å². The van der Waals surface area contributed by atoms with Gasteiger partial charge < -0.3 is 10.1 Å². The molecule has 24 heavy (non-hydrogen) atoms. The SMILES string of the molecule is COC(=O)[C@H](CC(C)C)NC(=O)c1cc2cc(C)ccc2nc1C. The van der Waals surface area contributed by atoms with Gasteiger partial charge >= 0.3 is 5.97 Å². The fourth-order valence-electron chi connectivity index (χ4n) is 2.69. The predicted molar refractivity (Wildman–Crippen MR) is 93.9 cm³/mol. The summed E-state index contributed by atoms with van der Waals surface area (Å²) in [4.78, 5) is 29.0. The van der Waals surface area contributed by atoms with Crippen LogP contribution in [0, 0.1) is 19.8 Å². The number of hydrogen-bond donors (Lipinski definition) is 1. The molecular weight excluding hydrogens is 304 g/mol. The first-order valence-electron chi connectivity index (χ1n) is 8.08. The van der Waals surface area contributed by atoms with Gasteiger partial charge in [0.1, 0.15) is 6.04 Å². The number of nitrogens with one attached hydrogen (secondary N) is 1. The van der Waals surface area contributed by atoms with Crippen molar-refractivity contribution in [3.8, 4) is 0 Å². The number of aryl methyl sites for hydroxylation is 2.